The quantitative estimate of drug-likeness (QED) is 0.706. The van der Waals surface area contributed by atoms with E-state index in [2.05, 4.69) is 37.8 Å². The molecule has 0 bridgehead atoms. The summed E-state index contributed by atoms with van der Waals surface area (Å²) in [7, 11) is 0. The molecule has 0 aliphatic carbocycles. The van der Waals surface area contributed by atoms with Crippen LogP contribution in [0.15, 0.2) is 24.3 Å². The highest BCUT2D eigenvalue weighted by Gasteiger charge is 2.16. The number of aliphatic hydroxyl groups is 1. The zero-order chi connectivity index (χ0) is 15.1. The van der Waals surface area contributed by atoms with Crippen molar-refractivity contribution in [2.24, 2.45) is 0 Å². The van der Waals surface area contributed by atoms with Gasteiger partial charge in [0.1, 0.15) is 0 Å². The van der Waals surface area contributed by atoms with Gasteiger partial charge >= 0.3 is 0 Å². The first kappa shape index (κ1) is 14.7. The topological polar surface area (TPSA) is 104 Å². The average molecular weight is 285 g/mol. The molecule has 0 radical (unpaired) electrons. The van der Waals surface area contributed by atoms with Crippen LogP contribution in [-0.2, 0) is 0 Å². The lowest BCUT2D eigenvalue weighted by Gasteiger charge is -2.11. The molecule has 1 aromatic carbocycles. The zero-order valence-corrected chi connectivity index (χ0v) is 11.5. The number of rotatable bonds is 4. The minimum Gasteiger partial charge on any atom is -0.395 e. The summed E-state index contributed by atoms with van der Waals surface area (Å²) in [6.45, 7) is 1.76. The third-order valence-corrected chi connectivity index (χ3v) is 2.73. The van der Waals surface area contributed by atoms with E-state index >= 15 is 0 Å². The second-order valence-electron chi connectivity index (χ2n) is 4.29. The number of aromatic nitrogens is 4. The third kappa shape index (κ3) is 3.87. The van der Waals surface area contributed by atoms with Crippen molar-refractivity contribution in [3.63, 3.8) is 0 Å². The number of hydrogen-bond acceptors (Lipinski definition) is 5. The van der Waals surface area contributed by atoms with Crippen LogP contribution < -0.4 is 5.32 Å². The predicted molar refractivity (Wildman–Crippen MR) is 75.1 cm³/mol. The van der Waals surface area contributed by atoms with Crippen molar-refractivity contribution in [3.8, 4) is 11.8 Å². The van der Waals surface area contributed by atoms with Gasteiger partial charge in [0.2, 0.25) is 0 Å². The van der Waals surface area contributed by atoms with Gasteiger partial charge in [-0.15, -0.1) is 10.2 Å². The molecule has 1 amide bonds. The second-order valence-corrected chi connectivity index (χ2v) is 4.29. The highest BCUT2D eigenvalue weighted by Crippen LogP contribution is 2.10. The molecule has 0 saturated carbocycles. The summed E-state index contributed by atoms with van der Waals surface area (Å²) in [5, 5.41) is 25.0. The molecular weight excluding hydrogens is 270 g/mol. The Labute approximate surface area is 121 Å². The standard InChI is InChI=1S/C14H15N5O2/c1-10(13-16-18-19-17-13)15-14(21)12-8-3-2-6-11(12)7-4-5-9-20/h2-3,6,8,10,20H,5,9H2,1H3,(H,15,21)(H,16,17,18,19). The van der Waals surface area contributed by atoms with Gasteiger partial charge < -0.3 is 10.4 Å². The number of tetrazole rings is 1. The zero-order valence-electron chi connectivity index (χ0n) is 11.5. The van der Waals surface area contributed by atoms with E-state index in [-0.39, 0.29) is 18.6 Å². The van der Waals surface area contributed by atoms with Crippen LogP contribution in [0.5, 0.6) is 0 Å². The van der Waals surface area contributed by atoms with E-state index in [1.54, 1.807) is 25.1 Å². The Bertz CT molecular complexity index is 657. The number of amides is 1. The van der Waals surface area contributed by atoms with E-state index in [0.717, 1.165) is 0 Å². The molecule has 7 nitrogen and oxygen atoms in total. The van der Waals surface area contributed by atoms with E-state index in [1.165, 1.54) is 0 Å². The van der Waals surface area contributed by atoms with Crippen molar-refractivity contribution in [1.82, 2.24) is 25.9 Å². The summed E-state index contributed by atoms with van der Waals surface area (Å²) in [6, 6.07) is 6.67. The smallest absolute Gasteiger partial charge is 0.253 e. The van der Waals surface area contributed by atoms with Gasteiger partial charge in [0.05, 0.1) is 18.2 Å². The Morgan fingerprint density at radius 2 is 2.29 bits per heavy atom. The van der Waals surface area contributed by atoms with Gasteiger partial charge in [-0.1, -0.05) is 29.2 Å². The Morgan fingerprint density at radius 1 is 1.48 bits per heavy atom. The maximum absolute atomic E-state index is 12.3. The first-order chi connectivity index (χ1) is 10.2. The van der Waals surface area contributed by atoms with E-state index in [1.807, 2.05) is 6.07 Å². The van der Waals surface area contributed by atoms with E-state index in [4.69, 9.17) is 5.11 Å². The molecular formula is C14H15N5O2. The molecule has 2 aromatic rings. The lowest BCUT2D eigenvalue weighted by Crippen LogP contribution is -2.28. The van der Waals surface area contributed by atoms with Crippen LogP contribution >= 0.6 is 0 Å². The van der Waals surface area contributed by atoms with Gasteiger partial charge in [0.15, 0.2) is 5.82 Å². The number of H-pyrrole nitrogens is 1. The molecule has 0 spiro atoms. The van der Waals surface area contributed by atoms with Crippen LogP contribution in [0.1, 0.15) is 41.1 Å². The Hall–Kier alpha value is -2.72. The molecule has 0 fully saturated rings. The lowest BCUT2D eigenvalue weighted by atomic mass is 10.1. The Balaban J connectivity index is 2.14. The molecule has 21 heavy (non-hydrogen) atoms. The van der Waals surface area contributed by atoms with Crippen molar-refractivity contribution in [3.05, 3.63) is 41.2 Å². The maximum Gasteiger partial charge on any atom is 0.253 e. The van der Waals surface area contributed by atoms with Crippen molar-refractivity contribution in [1.29, 1.82) is 0 Å². The number of aliphatic hydroxyl groups excluding tert-OH is 1. The van der Waals surface area contributed by atoms with Crippen molar-refractivity contribution >= 4 is 5.91 Å². The third-order valence-electron chi connectivity index (χ3n) is 2.73. The highest BCUT2D eigenvalue weighted by atomic mass is 16.2. The van der Waals surface area contributed by atoms with Crippen LogP contribution in [-0.4, -0.2) is 38.2 Å². The first-order valence-corrected chi connectivity index (χ1v) is 6.45. The summed E-state index contributed by atoms with van der Waals surface area (Å²) in [5.41, 5.74) is 1.09. The van der Waals surface area contributed by atoms with Gasteiger partial charge in [0, 0.05) is 12.0 Å². The summed E-state index contributed by atoms with van der Waals surface area (Å²) >= 11 is 0. The van der Waals surface area contributed by atoms with E-state index < -0.39 is 0 Å². The van der Waals surface area contributed by atoms with Crippen molar-refractivity contribution in [2.45, 2.75) is 19.4 Å². The second kappa shape index (κ2) is 7.17. The number of aromatic amines is 1. The number of nitrogens with zero attached hydrogens (tertiary/aromatic N) is 3. The average Bonchev–Trinajstić information content (AvgIpc) is 3.02. The molecule has 1 aromatic heterocycles. The monoisotopic (exact) mass is 285 g/mol. The van der Waals surface area contributed by atoms with Crippen molar-refractivity contribution < 1.29 is 9.90 Å². The van der Waals surface area contributed by atoms with Gasteiger partial charge in [-0.05, 0) is 19.1 Å². The van der Waals surface area contributed by atoms with Crippen LogP contribution in [0.25, 0.3) is 0 Å². The van der Waals surface area contributed by atoms with Gasteiger partial charge in [-0.25, -0.2) is 0 Å². The lowest BCUT2D eigenvalue weighted by molar-refractivity contribution is 0.0938. The van der Waals surface area contributed by atoms with Gasteiger partial charge in [-0.2, -0.15) is 5.21 Å². The van der Waals surface area contributed by atoms with E-state index in [9.17, 15) is 4.79 Å². The minimum atomic E-state index is -0.366. The first-order valence-electron chi connectivity index (χ1n) is 6.45. The SMILES string of the molecule is CC(NC(=O)c1ccccc1C#CCCO)c1nn[nH]n1. The maximum atomic E-state index is 12.3. The largest absolute Gasteiger partial charge is 0.395 e. The highest BCUT2D eigenvalue weighted by molar-refractivity contribution is 5.96. The molecule has 1 unspecified atom stereocenters. The number of hydrogen-bond donors (Lipinski definition) is 3. The summed E-state index contributed by atoms with van der Waals surface area (Å²) in [5.74, 6) is 5.84. The van der Waals surface area contributed by atoms with Crippen LogP contribution in [0.4, 0.5) is 0 Å². The van der Waals surface area contributed by atoms with Crippen LogP contribution in [0.2, 0.25) is 0 Å². The molecule has 1 atom stereocenters. The summed E-state index contributed by atoms with van der Waals surface area (Å²) in [6.07, 6.45) is 0.370. The van der Waals surface area contributed by atoms with Crippen LogP contribution in [0, 0.1) is 11.8 Å². The Kier molecular flexibility index (Phi) is 5.01. The molecule has 7 heteroatoms. The normalized spacial score (nSPS) is 11.3. The summed E-state index contributed by atoms with van der Waals surface area (Å²) in [4.78, 5) is 12.3. The predicted octanol–water partition coefficient (Wildman–Crippen LogP) is 0.425. The van der Waals surface area contributed by atoms with Gasteiger partial charge in [-0.3, -0.25) is 4.79 Å². The number of carbonyl (C=O) groups is 1. The Morgan fingerprint density at radius 3 is 3.00 bits per heavy atom. The molecule has 0 saturated heterocycles. The minimum absolute atomic E-state index is 0.00374. The van der Waals surface area contributed by atoms with Crippen LogP contribution in [0.3, 0.4) is 0 Å². The molecule has 108 valence electrons. The van der Waals surface area contributed by atoms with Gasteiger partial charge in [0.25, 0.3) is 5.91 Å². The molecule has 2 rings (SSSR count). The number of nitrogens with one attached hydrogen (secondary N) is 2. The molecule has 0 aliphatic heterocycles. The number of carbonyl (C=O) groups excluding carboxylic acids is 1. The number of benzene rings is 1. The fourth-order valence-electron chi connectivity index (χ4n) is 1.70. The van der Waals surface area contributed by atoms with Crippen molar-refractivity contribution in [2.75, 3.05) is 6.61 Å². The van der Waals surface area contributed by atoms with E-state index in [0.29, 0.717) is 23.4 Å². The molecule has 0 aliphatic rings. The summed E-state index contributed by atoms with van der Waals surface area (Å²) < 4.78 is 0. The fraction of sp³-hybridized carbons (Fsp3) is 0.286. The molecule has 3 N–H and O–H groups in total. The fourth-order valence-corrected chi connectivity index (χ4v) is 1.70. The molecule has 1 heterocycles.